The molecule has 0 spiro atoms. The van der Waals surface area contributed by atoms with E-state index >= 15 is 0 Å². The van der Waals surface area contributed by atoms with Crippen LogP contribution in [0.1, 0.15) is 31.1 Å². The molecule has 82 valence electrons. The number of hydrazine groups is 1. The molecule has 1 aliphatic heterocycles. The van der Waals surface area contributed by atoms with Crippen LogP contribution in [0.5, 0.6) is 0 Å². The molecule has 0 radical (unpaired) electrons. The van der Waals surface area contributed by atoms with Gasteiger partial charge in [0.15, 0.2) is 0 Å². The Bertz CT molecular complexity index is 379. The lowest BCUT2D eigenvalue weighted by molar-refractivity contribution is 0.126. The van der Waals surface area contributed by atoms with Crippen LogP contribution < -0.4 is 10.9 Å². The van der Waals surface area contributed by atoms with Gasteiger partial charge in [-0.15, -0.1) is 0 Å². The first kappa shape index (κ1) is 10.7. The van der Waals surface area contributed by atoms with Gasteiger partial charge in [-0.25, -0.2) is 5.43 Å². The Morgan fingerprint density at radius 1 is 1.40 bits per heavy atom. The second kappa shape index (κ2) is 4.00. The number of benzene rings is 1. The summed E-state index contributed by atoms with van der Waals surface area (Å²) in [4.78, 5) is 0. The maximum absolute atomic E-state index is 10.1. The summed E-state index contributed by atoms with van der Waals surface area (Å²) in [5.74, 6) is 0.188. The highest BCUT2D eigenvalue weighted by atomic mass is 35.5. The summed E-state index contributed by atoms with van der Waals surface area (Å²) in [5.41, 5.74) is 9.06. The number of rotatable bonds is 2. The number of anilines is 1. The molecular formula is C11H15ClN2O. The van der Waals surface area contributed by atoms with Crippen molar-refractivity contribution in [3.05, 3.63) is 28.3 Å². The molecular weight excluding hydrogens is 212 g/mol. The van der Waals surface area contributed by atoms with E-state index in [2.05, 4.69) is 10.9 Å². The molecule has 3 nitrogen and oxygen atoms in total. The third-order valence-corrected chi connectivity index (χ3v) is 2.91. The minimum absolute atomic E-state index is 0.188. The molecule has 1 unspecified atom stereocenters. The third kappa shape index (κ3) is 1.95. The Balaban J connectivity index is 2.47. The summed E-state index contributed by atoms with van der Waals surface area (Å²) < 4.78 is 0. The van der Waals surface area contributed by atoms with Crippen LogP contribution in [-0.4, -0.2) is 5.11 Å². The molecule has 0 fully saturated rings. The fourth-order valence-corrected chi connectivity index (χ4v) is 2.04. The predicted octanol–water partition coefficient (Wildman–Crippen LogP) is 2.46. The van der Waals surface area contributed by atoms with Crippen LogP contribution in [0.4, 0.5) is 5.69 Å². The Hall–Kier alpha value is -0.770. The van der Waals surface area contributed by atoms with E-state index in [-0.39, 0.29) is 5.92 Å². The second-order valence-corrected chi connectivity index (χ2v) is 4.62. The van der Waals surface area contributed by atoms with Crippen molar-refractivity contribution < 1.29 is 5.11 Å². The van der Waals surface area contributed by atoms with Crippen LogP contribution in [0.15, 0.2) is 12.1 Å². The van der Waals surface area contributed by atoms with E-state index in [1.165, 1.54) is 0 Å². The second-order valence-electron chi connectivity index (χ2n) is 4.19. The van der Waals surface area contributed by atoms with Gasteiger partial charge in [-0.3, -0.25) is 0 Å². The van der Waals surface area contributed by atoms with Crippen molar-refractivity contribution >= 4 is 17.3 Å². The minimum atomic E-state index is -0.459. The Labute approximate surface area is 94.4 Å². The summed E-state index contributed by atoms with van der Waals surface area (Å²) in [6, 6.07) is 3.72. The largest absolute Gasteiger partial charge is 0.388 e. The summed E-state index contributed by atoms with van der Waals surface area (Å²) in [5, 5.41) is 10.7. The molecule has 3 N–H and O–H groups in total. The van der Waals surface area contributed by atoms with Crippen molar-refractivity contribution in [2.45, 2.75) is 26.5 Å². The monoisotopic (exact) mass is 226 g/mol. The SMILES string of the molecule is CC(C)C(O)c1cc(Cl)cc2c1CNN2. The van der Waals surface area contributed by atoms with E-state index in [4.69, 9.17) is 11.6 Å². The highest BCUT2D eigenvalue weighted by molar-refractivity contribution is 6.31. The third-order valence-electron chi connectivity index (χ3n) is 2.69. The number of hydrogen-bond acceptors (Lipinski definition) is 3. The molecule has 0 amide bonds. The number of halogens is 1. The quantitative estimate of drug-likeness (QED) is 0.726. The van der Waals surface area contributed by atoms with E-state index in [0.29, 0.717) is 5.02 Å². The molecule has 1 aliphatic rings. The van der Waals surface area contributed by atoms with Gasteiger partial charge in [-0.1, -0.05) is 25.4 Å². The predicted molar refractivity (Wildman–Crippen MR) is 61.7 cm³/mol. The topological polar surface area (TPSA) is 44.3 Å². The summed E-state index contributed by atoms with van der Waals surface area (Å²) in [6.45, 7) is 4.72. The fraction of sp³-hybridized carbons (Fsp3) is 0.455. The number of fused-ring (bicyclic) bond motifs is 1. The number of aliphatic hydroxyl groups is 1. The van der Waals surface area contributed by atoms with E-state index in [0.717, 1.165) is 23.4 Å². The molecule has 1 aromatic rings. The van der Waals surface area contributed by atoms with Gasteiger partial charge in [0.2, 0.25) is 0 Å². The van der Waals surface area contributed by atoms with Crippen molar-refractivity contribution in [3.63, 3.8) is 0 Å². The molecule has 0 aromatic heterocycles. The zero-order chi connectivity index (χ0) is 11.0. The van der Waals surface area contributed by atoms with Crippen molar-refractivity contribution in [2.75, 3.05) is 5.43 Å². The van der Waals surface area contributed by atoms with E-state index in [1.807, 2.05) is 26.0 Å². The van der Waals surface area contributed by atoms with Gasteiger partial charge < -0.3 is 10.5 Å². The average molecular weight is 227 g/mol. The van der Waals surface area contributed by atoms with E-state index < -0.39 is 6.10 Å². The first-order valence-electron chi connectivity index (χ1n) is 5.09. The van der Waals surface area contributed by atoms with Crippen LogP contribution in [-0.2, 0) is 6.54 Å². The highest BCUT2D eigenvalue weighted by Crippen LogP contribution is 2.34. The average Bonchev–Trinajstić information content (AvgIpc) is 2.62. The number of nitrogens with one attached hydrogen (secondary N) is 2. The lowest BCUT2D eigenvalue weighted by Gasteiger charge is -2.18. The fourth-order valence-electron chi connectivity index (χ4n) is 1.82. The molecule has 1 heterocycles. The summed E-state index contributed by atoms with van der Waals surface area (Å²) in [7, 11) is 0. The molecule has 1 aromatic carbocycles. The molecule has 0 saturated heterocycles. The van der Waals surface area contributed by atoms with Gasteiger partial charge in [0.25, 0.3) is 0 Å². The Morgan fingerprint density at radius 3 is 2.80 bits per heavy atom. The van der Waals surface area contributed by atoms with Crippen molar-refractivity contribution in [2.24, 2.45) is 5.92 Å². The number of hydrogen-bond donors (Lipinski definition) is 3. The van der Waals surface area contributed by atoms with E-state index in [1.54, 1.807) is 0 Å². The first-order valence-corrected chi connectivity index (χ1v) is 5.46. The molecule has 4 heteroatoms. The van der Waals surface area contributed by atoms with Gasteiger partial charge in [0.1, 0.15) is 0 Å². The van der Waals surface area contributed by atoms with Gasteiger partial charge >= 0.3 is 0 Å². The van der Waals surface area contributed by atoms with Gasteiger partial charge in [-0.2, -0.15) is 0 Å². The molecule has 0 saturated carbocycles. The van der Waals surface area contributed by atoms with Crippen LogP contribution in [0, 0.1) is 5.92 Å². The standard InChI is InChI=1S/C11H15ClN2O/c1-6(2)11(15)8-3-7(12)4-10-9(8)5-13-14-10/h3-4,6,11,13-15H,5H2,1-2H3. The normalized spacial score (nSPS) is 16.3. The highest BCUT2D eigenvalue weighted by Gasteiger charge is 2.21. The van der Waals surface area contributed by atoms with Crippen LogP contribution in [0.25, 0.3) is 0 Å². The lowest BCUT2D eigenvalue weighted by Crippen LogP contribution is -2.11. The summed E-state index contributed by atoms with van der Waals surface area (Å²) in [6.07, 6.45) is -0.459. The van der Waals surface area contributed by atoms with Crippen LogP contribution >= 0.6 is 11.6 Å². The molecule has 0 aliphatic carbocycles. The molecule has 15 heavy (non-hydrogen) atoms. The van der Waals surface area contributed by atoms with Crippen molar-refractivity contribution in [3.8, 4) is 0 Å². The zero-order valence-electron chi connectivity index (χ0n) is 8.84. The van der Waals surface area contributed by atoms with Crippen LogP contribution in [0.3, 0.4) is 0 Å². The van der Waals surface area contributed by atoms with Gasteiger partial charge in [0, 0.05) is 11.6 Å². The minimum Gasteiger partial charge on any atom is -0.388 e. The maximum atomic E-state index is 10.1. The van der Waals surface area contributed by atoms with Crippen molar-refractivity contribution in [1.29, 1.82) is 0 Å². The first-order chi connectivity index (χ1) is 7.09. The molecule has 1 atom stereocenters. The van der Waals surface area contributed by atoms with Gasteiger partial charge in [-0.05, 0) is 29.2 Å². The van der Waals surface area contributed by atoms with Crippen LogP contribution in [0.2, 0.25) is 5.02 Å². The van der Waals surface area contributed by atoms with E-state index in [9.17, 15) is 5.11 Å². The Morgan fingerprint density at radius 2 is 2.13 bits per heavy atom. The lowest BCUT2D eigenvalue weighted by atomic mass is 9.94. The molecule has 0 bridgehead atoms. The van der Waals surface area contributed by atoms with Gasteiger partial charge in [0.05, 0.1) is 11.8 Å². The van der Waals surface area contributed by atoms with Crippen molar-refractivity contribution in [1.82, 2.24) is 5.43 Å². The number of aliphatic hydroxyl groups excluding tert-OH is 1. The maximum Gasteiger partial charge on any atom is 0.0817 e. The smallest absolute Gasteiger partial charge is 0.0817 e. The molecule has 2 rings (SSSR count). The summed E-state index contributed by atoms with van der Waals surface area (Å²) >= 11 is 6.00. The Kier molecular flexibility index (Phi) is 2.87. The zero-order valence-corrected chi connectivity index (χ0v) is 9.60.